The molecule has 1 aliphatic rings. The van der Waals surface area contributed by atoms with Gasteiger partial charge in [0.2, 0.25) is 0 Å². The Labute approximate surface area is 142 Å². The molecule has 0 radical (unpaired) electrons. The number of benzene rings is 2. The van der Waals surface area contributed by atoms with Gasteiger partial charge in [0, 0.05) is 0 Å². The van der Waals surface area contributed by atoms with Gasteiger partial charge >= 0.3 is 6.03 Å². The van der Waals surface area contributed by atoms with Crippen molar-refractivity contribution in [2.24, 2.45) is 5.92 Å². The number of urea groups is 1. The van der Waals surface area contributed by atoms with Gasteiger partial charge in [-0.05, 0) is 29.0 Å². The van der Waals surface area contributed by atoms with Crippen LogP contribution < -0.4 is 5.32 Å². The van der Waals surface area contributed by atoms with Crippen LogP contribution in [0.25, 0.3) is 11.1 Å². The van der Waals surface area contributed by atoms with Gasteiger partial charge in [0.15, 0.2) is 0 Å². The molecule has 1 aliphatic heterocycles. The lowest BCUT2D eigenvalue weighted by Gasteiger charge is -2.14. The van der Waals surface area contributed by atoms with Crippen LogP contribution >= 0.6 is 0 Å². The number of hydrogen-bond donors (Lipinski definition) is 1. The van der Waals surface area contributed by atoms with E-state index in [9.17, 15) is 9.59 Å². The zero-order valence-corrected chi connectivity index (χ0v) is 14.0. The third kappa shape index (κ3) is 3.48. The molecule has 1 heterocycles. The zero-order chi connectivity index (χ0) is 17.1. The van der Waals surface area contributed by atoms with E-state index in [1.165, 1.54) is 4.90 Å². The summed E-state index contributed by atoms with van der Waals surface area (Å²) in [5.41, 5.74) is 3.22. The van der Waals surface area contributed by atoms with Crippen molar-refractivity contribution < 1.29 is 9.59 Å². The van der Waals surface area contributed by atoms with Gasteiger partial charge in [-0.15, -0.1) is 0 Å². The molecule has 3 amide bonds. The van der Waals surface area contributed by atoms with Crippen LogP contribution in [-0.2, 0) is 11.3 Å². The summed E-state index contributed by atoms with van der Waals surface area (Å²) in [6.07, 6.45) is 0.675. The third-order valence-corrected chi connectivity index (χ3v) is 4.22. The lowest BCUT2D eigenvalue weighted by Crippen LogP contribution is -2.31. The number of amides is 3. The number of nitrogens with zero attached hydrogens (tertiary/aromatic N) is 1. The standard InChI is InChI=1S/C20H22N2O2/c1-14(2)12-18-19(23)22(20(24)21-18)13-15-8-10-17(11-9-15)16-6-4-3-5-7-16/h3-11,14,18H,12-13H2,1-2H3,(H,21,24)/t18-/m1/s1. The van der Waals surface area contributed by atoms with E-state index < -0.39 is 0 Å². The van der Waals surface area contributed by atoms with Gasteiger partial charge in [-0.25, -0.2) is 4.79 Å². The number of rotatable bonds is 5. The number of hydrogen-bond acceptors (Lipinski definition) is 2. The Morgan fingerprint density at radius 2 is 1.58 bits per heavy atom. The molecule has 4 heteroatoms. The van der Waals surface area contributed by atoms with Crippen molar-refractivity contribution in [1.29, 1.82) is 0 Å². The lowest BCUT2D eigenvalue weighted by molar-refractivity contribution is -0.128. The summed E-state index contributed by atoms with van der Waals surface area (Å²) < 4.78 is 0. The molecule has 2 aromatic rings. The molecule has 1 fully saturated rings. The second-order valence-electron chi connectivity index (χ2n) is 6.62. The smallest absolute Gasteiger partial charge is 0.325 e. The fraction of sp³-hybridized carbons (Fsp3) is 0.300. The number of nitrogens with one attached hydrogen (secondary N) is 1. The van der Waals surface area contributed by atoms with Gasteiger partial charge in [0.1, 0.15) is 6.04 Å². The summed E-state index contributed by atoms with van der Waals surface area (Å²) in [6, 6.07) is 17.4. The lowest BCUT2D eigenvalue weighted by atomic mass is 10.0. The molecule has 1 saturated heterocycles. The molecule has 2 aromatic carbocycles. The van der Waals surface area contributed by atoms with Crippen molar-refractivity contribution in [2.45, 2.75) is 32.9 Å². The fourth-order valence-electron chi connectivity index (χ4n) is 2.97. The second kappa shape index (κ2) is 6.87. The van der Waals surface area contributed by atoms with Gasteiger partial charge in [0.25, 0.3) is 5.91 Å². The highest BCUT2D eigenvalue weighted by Crippen LogP contribution is 2.21. The molecule has 0 saturated carbocycles. The quantitative estimate of drug-likeness (QED) is 0.851. The molecule has 24 heavy (non-hydrogen) atoms. The highest BCUT2D eigenvalue weighted by atomic mass is 16.2. The van der Waals surface area contributed by atoms with Crippen LogP contribution in [0.5, 0.6) is 0 Å². The van der Waals surface area contributed by atoms with Crippen molar-refractivity contribution >= 4 is 11.9 Å². The largest absolute Gasteiger partial charge is 0.326 e. The van der Waals surface area contributed by atoms with Crippen LogP contribution in [0.15, 0.2) is 54.6 Å². The summed E-state index contributed by atoms with van der Waals surface area (Å²) in [4.78, 5) is 25.8. The molecule has 0 bridgehead atoms. The molecule has 0 aromatic heterocycles. The Bertz CT molecular complexity index is 723. The number of carbonyl (C=O) groups excluding carboxylic acids is 2. The Balaban J connectivity index is 1.70. The second-order valence-corrected chi connectivity index (χ2v) is 6.62. The van der Waals surface area contributed by atoms with Crippen molar-refractivity contribution in [3.05, 3.63) is 60.2 Å². The van der Waals surface area contributed by atoms with Crippen LogP contribution in [-0.4, -0.2) is 22.9 Å². The Hall–Kier alpha value is -2.62. The monoisotopic (exact) mass is 322 g/mol. The Morgan fingerprint density at radius 1 is 0.958 bits per heavy atom. The van der Waals surface area contributed by atoms with E-state index >= 15 is 0 Å². The van der Waals surface area contributed by atoms with Crippen molar-refractivity contribution in [3.8, 4) is 11.1 Å². The predicted octanol–water partition coefficient (Wildman–Crippen LogP) is 3.82. The maximum atomic E-state index is 12.4. The first kappa shape index (κ1) is 16.2. The number of carbonyl (C=O) groups is 2. The molecule has 0 aliphatic carbocycles. The van der Waals surface area contributed by atoms with E-state index in [0.717, 1.165) is 16.7 Å². The summed E-state index contributed by atoms with van der Waals surface area (Å²) in [6.45, 7) is 4.41. The van der Waals surface area contributed by atoms with Crippen molar-refractivity contribution in [3.63, 3.8) is 0 Å². The molecular formula is C20H22N2O2. The maximum absolute atomic E-state index is 12.4. The average Bonchev–Trinajstić information content (AvgIpc) is 2.83. The van der Waals surface area contributed by atoms with Gasteiger partial charge in [0.05, 0.1) is 6.54 Å². The molecule has 0 unspecified atom stereocenters. The van der Waals surface area contributed by atoms with E-state index in [4.69, 9.17) is 0 Å². The minimum atomic E-state index is -0.388. The van der Waals surface area contributed by atoms with E-state index in [1.807, 2.05) is 56.3 Å². The summed E-state index contributed by atoms with van der Waals surface area (Å²) >= 11 is 0. The zero-order valence-electron chi connectivity index (χ0n) is 14.0. The van der Waals surface area contributed by atoms with Crippen molar-refractivity contribution in [2.75, 3.05) is 0 Å². The molecule has 4 nitrogen and oxygen atoms in total. The Kier molecular flexibility index (Phi) is 4.65. The summed E-state index contributed by atoms with van der Waals surface area (Å²) in [5.74, 6) is 0.241. The molecule has 124 valence electrons. The minimum Gasteiger partial charge on any atom is -0.326 e. The SMILES string of the molecule is CC(C)C[C@H]1NC(=O)N(Cc2ccc(-c3ccccc3)cc2)C1=O. The van der Waals surface area contributed by atoms with Crippen LogP contribution in [0.1, 0.15) is 25.8 Å². The van der Waals surface area contributed by atoms with Gasteiger partial charge in [-0.1, -0.05) is 68.4 Å². The van der Waals surface area contributed by atoms with E-state index in [1.54, 1.807) is 0 Å². The van der Waals surface area contributed by atoms with Crippen LogP contribution in [0.3, 0.4) is 0 Å². The van der Waals surface area contributed by atoms with Gasteiger partial charge < -0.3 is 5.32 Å². The highest BCUT2D eigenvalue weighted by Gasteiger charge is 2.37. The van der Waals surface area contributed by atoms with Crippen LogP contribution in [0, 0.1) is 5.92 Å². The van der Waals surface area contributed by atoms with Crippen LogP contribution in [0.4, 0.5) is 4.79 Å². The average molecular weight is 322 g/mol. The Morgan fingerprint density at radius 3 is 2.21 bits per heavy atom. The highest BCUT2D eigenvalue weighted by molar-refractivity contribution is 6.04. The maximum Gasteiger partial charge on any atom is 0.325 e. The van der Waals surface area contributed by atoms with E-state index in [0.29, 0.717) is 18.9 Å². The topological polar surface area (TPSA) is 49.4 Å². The molecule has 1 N–H and O–H groups in total. The van der Waals surface area contributed by atoms with Gasteiger partial charge in [-0.3, -0.25) is 9.69 Å². The molecular weight excluding hydrogens is 300 g/mol. The molecule has 3 rings (SSSR count). The van der Waals surface area contributed by atoms with Crippen LogP contribution in [0.2, 0.25) is 0 Å². The first-order valence-electron chi connectivity index (χ1n) is 8.31. The molecule has 1 atom stereocenters. The predicted molar refractivity (Wildman–Crippen MR) is 94.2 cm³/mol. The molecule has 0 spiro atoms. The first-order valence-corrected chi connectivity index (χ1v) is 8.31. The first-order chi connectivity index (χ1) is 11.5. The summed E-state index contributed by atoms with van der Waals surface area (Å²) in [7, 11) is 0. The van der Waals surface area contributed by atoms with E-state index in [2.05, 4.69) is 17.4 Å². The third-order valence-electron chi connectivity index (χ3n) is 4.22. The van der Waals surface area contributed by atoms with Crippen molar-refractivity contribution in [1.82, 2.24) is 10.2 Å². The fourth-order valence-corrected chi connectivity index (χ4v) is 2.97. The van der Waals surface area contributed by atoms with E-state index in [-0.39, 0.29) is 18.0 Å². The summed E-state index contributed by atoms with van der Waals surface area (Å²) in [5, 5.41) is 2.78. The minimum absolute atomic E-state index is 0.124. The van der Waals surface area contributed by atoms with Gasteiger partial charge in [-0.2, -0.15) is 0 Å². The normalized spacial score (nSPS) is 17.5. The number of imide groups is 1.